The van der Waals surface area contributed by atoms with E-state index in [2.05, 4.69) is 255 Å². The van der Waals surface area contributed by atoms with Crippen LogP contribution in [-0.2, 0) is 5.41 Å². The van der Waals surface area contributed by atoms with Crippen molar-refractivity contribution in [3.05, 3.63) is 248 Å². The topological polar surface area (TPSA) is 3.24 Å². The van der Waals surface area contributed by atoms with E-state index < -0.39 is 0 Å². The highest BCUT2D eigenvalue weighted by Crippen LogP contribution is 2.52. The number of nitrogens with zero attached hydrogens (tertiary/aromatic N) is 1. The summed E-state index contributed by atoms with van der Waals surface area (Å²) in [7, 11) is 0. The van der Waals surface area contributed by atoms with Gasteiger partial charge in [-0.05, 0) is 126 Å². The van der Waals surface area contributed by atoms with E-state index in [0.29, 0.717) is 0 Å². The van der Waals surface area contributed by atoms with Gasteiger partial charge in [0.1, 0.15) is 0 Å². The lowest BCUT2D eigenvalue weighted by Crippen LogP contribution is -2.14. The molecule has 0 atom stereocenters. The van der Waals surface area contributed by atoms with Gasteiger partial charge in [0.25, 0.3) is 0 Å². The zero-order valence-electron chi connectivity index (χ0n) is 35.0. The van der Waals surface area contributed by atoms with Gasteiger partial charge in [-0.1, -0.05) is 208 Å². The molecule has 0 unspecified atom stereocenters. The van der Waals surface area contributed by atoms with Crippen LogP contribution in [0.25, 0.3) is 77.5 Å². The van der Waals surface area contributed by atoms with Crippen LogP contribution < -0.4 is 4.90 Å². The Balaban J connectivity index is 1.02. The molecule has 11 rings (SSSR count). The SMILES string of the molecule is CC1(C)c2ccccc2-c2c(-c3ccc(N(c4cccc(-c5ccc(-c6ccc7ccccc7c6)cc5)c4)c4ccccc4-c4cccc(-c5ccccc5)c4)cc3)cccc21. The first-order valence-electron chi connectivity index (χ1n) is 21.6. The molecule has 10 aromatic rings. The predicted octanol–water partition coefficient (Wildman–Crippen LogP) is 17.0. The Morgan fingerprint density at radius 3 is 1.60 bits per heavy atom. The smallest absolute Gasteiger partial charge is 0.0540 e. The average Bonchev–Trinajstić information content (AvgIpc) is 3.58. The quantitative estimate of drug-likeness (QED) is 0.148. The second-order valence-corrected chi connectivity index (χ2v) is 16.9. The van der Waals surface area contributed by atoms with E-state index in [1.54, 1.807) is 0 Å². The highest BCUT2D eigenvalue weighted by Gasteiger charge is 2.36. The fourth-order valence-corrected chi connectivity index (χ4v) is 9.67. The molecular weight excluding hydrogens is 747 g/mol. The van der Waals surface area contributed by atoms with Crippen molar-refractivity contribution in [2.24, 2.45) is 0 Å². The van der Waals surface area contributed by atoms with E-state index in [1.165, 1.54) is 88.7 Å². The van der Waals surface area contributed by atoms with Crippen LogP contribution in [0.15, 0.2) is 237 Å². The van der Waals surface area contributed by atoms with Gasteiger partial charge in [-0.15, -0.1) is 0 Å². The molecule has 0 spiro atoms. The van der Waals surface area contributed by atoms with E-state index in [4.69, 9.17) is 0 Å². The van der Waals surface area contributed by atoms with Crippen LogP contribution in [0.3, 0.4) is 0 Å². The highest BCUT2D eigenvalue weighted by molar-refractivity contribution is 5.95. The minimum atomic E-state index is -0.0536. The maximum absolute atomic E-state index is 2.43. The number of rotatable bonds is 8. The maximum Gasteiger partial charge on any atom is 0.0540 e. The average molecular weight is 792 g/mol. The van der Waals surface area contributed by atoms with Crippen molar-refractivity contribution in [2.45, 2.75) is 19.3 Å². The van der Waals surface area contributed by atoms with Crippen molar-refractivity contribution in [1.82, 2.24) is 0 Å². The number of benzene rings is 10. The van der Waals surface area contributed by atoms with E-state index in [-0.39, 0.29) is 5.41 Å². The van der Waals surface area contributed by atoms with E-state index in [0.717, 1.165) is 17.1 Å². The number of hydrogen-bond donors (Lipinski definition) is 0. The number of fused-ring (bicyclic) bond motifs is 4. The maximum atomic E-state index is 2.43. The zero-order chi connectivity index (χ0) is 41.6. The van der Waals surface area contributed by atoms with Crippen LogP contribution in [0.4, 0.5) is 17.1 Å². The van der Waals surface area contributed by atoms with Crippen molar-refractivity contribution in [3.8, 4) is 66.8 Å². The predicted molar refractivity (Wildman–Crippen MR) is 263 cm³/mol. The Kier molecular flexibility index (Phi) is 9.24. The minimum absolute atomic E-state index is 0.0536. The highest BCUT2D eigenvalue weighted by atomic mass is 15.1. The molecule has 0 radical (unpaired) electrons. The fourth-order valence-electron chi connectivity index (χ4n) is 9.67. The Morgan fingerprint density at radius 1 is 0.290 bits per heavy atom. The van der Waals surface area contributed by atoms with E-state index in [1.807, 2.05) is 0 Å². The Bertz CT molecular complexity index is 3250. The van der Waals surface area contributed by atoms with Gasteiger partial charge in [-0.3, -0.25) is 0 Å². The fraction of sp³-hybridized carbons (Fsp3) is 0.0492. The molecule has 0 amide bonds. The van der Waals surface area contributed by atoms with Crippen LogP contribution in [0.5, 0.6) is 0 Å². The normalized spacial score (nSPS) is 12.5. The standard InChI is InChI=1S/C61H45N/c1-61(2)57-26-10-8-24-56(57)60-55(25-14-27-58(60)61)46-35-37-52(38-36-46)62(59-28-11-9-23-54(59)51-21-12-19-48(40-51)42-15-4-3-5-16-42)53-22-13-20-49(41-53)44-29-31-45(32-30-44)50-34-33-43-17-6-7-18-47(43)39-50/h3-41H,1-2H3. The summed E-state index contributed by atoms with van der Waals surface area (Å²) < 4.78 is 0. The first-order chi connectivity index (χ1) is 30.5. The molecule has 0 aliphatic heterocycles. The third kappa shape index (κ3) is 6.60. The van der Waals surface area contributed by atoms with Gasteiger partial charge in [-0.25, -0.2) is 0 Å². The Morgan fingerprint density at radius 2 is 0.806 bits per heavy atom. The van der Waals surface area contributed by atoms with Gasteiger partial charge in [-0.2, -0.15) is 0 Å². The lowest BCUT2D eigenvalue weighted by Gasteiger charge is -2.28. The molecule has 1 nitrogen and oxygen atoms in total. The monoisotopic (exact) mass is 791 g/mol. The van der Waals surface area contributed by atoms with Crippen molar-refractivity contribution in [1.29, 1.82) is 0 Å². The molecule has 0 heterocycles. The van der Waals surface area contributed by atoms with Gasteiger partial charge in [0, 0.05) is 22.4 Å². The van der Waals surface area contributed by atoms with Gasteiger partial charge >= 0.3 is 0 Å². The van der Waals surface area contributed by atoms with Crippen LogP contribution in [0, 0.1) is 0 Å². The Labute approximate surface area is 364 Å². The van der Waals surface area contributed by atoms with Crippen LogP contribution >= 0.6 is 0 Å². The second kappa shape index (κ2) is 15.4. The van der Waals surface area contributed by atoms with Gasteiger partial charge in [0.15, 0.2) is 0 Å². The third-order valence-electron chi connectivity index (χ3n) is 12.9. The molecule has 1 aliphatic rings. The molecule has 1 heteroatoms. The minimum Gasteiger partial charge on any atom is -0.310 e. The molecule has 0 aromatic heterocycles. The van der Waals surface area contributed by atoms with Crippen molar-refractivity contribution < 1.29 is 0 Å². The molecule has 294 valence electrons. The second-order valence-electron chi connectivity index (χ2n) is 16.9. The summed E-state index contributed by atoms with van der Waals surface area (Å²) in [6.45, 7) is 4.70. The third-order valence-corrected chi connectivity index (χ3v) is 12.9. The van der Waals surface area contributed by atoms with Gasteiger partial charge in [0.2, 0.25) is 0 Å². The van der Waals surface area contributed by atoms with Crippen LogP contribution in [0.1, 0.15) is 25.0 Å². The Hall–Kier alpha value is -7.74. The summed E-state index contributed by atoms with van der Waals surface area (Å²) in [5, 5.41) is 2.51. The zero-order valence-corrected chi connectivity index (χ0v) is 35.0. The molecule has 1 aliphatic carbocycles. The lowest BCUT2D eigenvalue weighted by atomic mass is 9.82. The van der Waals surface area contributed by atoms with Crippen molar-refractivity contribution >= 4 is 27.8 Å². The number of anilines is 3. The molecular formula is C61H45N. The molecule has 0 fully saturated rings. The van der Waals surface area contributed by atoms with Crippen molar-refractivity contribution in [2.75, 3.05) is 4.90 Å². The summed E-state index contributed by atoms with van der Waals surface area (Å²) in [6.07, 6.45) is 0. The molecule has 10 aromatic carbocycles. The van der Waals surface area contributed by atoms with Gasteiger partial charge < -0.3 is 4.90 Å². The number of hydrogen-bond acceptors (Lipinski definition) is 1. The molecule has 0 N–H and O–H groups in total. The molecule has 0 saturated carbocycles. The number of para-hydroxylation sites is 1. The molecule has 0 bridgehead atoms. The summed E-state index contributed by atoms with van der Waals surface area (Å²) in [5.41, 5.74) is 20.7. The van der Waals surface area contributed by atoms with Gasteiger partial charge in [0.05, 0.1) is 5.69 Å². The van der Waals surface area contributed by atoms with E-state index >= 15 is 0 Å². The first-order valence-corrected chi connectivity index (χ1v) is 21.6. The van der Waals surface area contributed by atoms with Crippen LogP contribution in [-0.4, -0.2) is 0 Å². The van der Waals surface area contributed by atoms with Crippen LogP contribution in [0.2, 0.25) is 0 Å². The summed E-state index contributed by atoms with van der Waals surface area (Å²) in [6, 6.07) is 86.6. The first kappa shape index (κ1) is 37.3. The van der Waals surface area contributed by atoms with Crippen molar-refractivity contribution in [3.63, 3.8) is 0 Å². The molecule has 62 heavy (non-hydrogen) atoms. The summed E-state index contributed by atoms with van der Waals surface area (Å²) in [5.74, 6) is 0. The summed E-state index contributed by atoms with van der Waals surface area (Å²) in [4.78, 5) is 2.43. The largest absolute Gasteiger partial charge is 0.310 e. The molecule has 0 saturated heterocycles. The summed E-state index contributed by atoms with van der Waals surface area (Å²) >= 11 is 0. The van der Waals surface area contributed by atoms with E-state index in [9.17, 15) is 0 Å². The lowest BCUT2D eigenvalue weighted by molar-refractivity contribution is 0.660.